The summed E-state index contributed by atoms with van der Waals surface area (Å²) >= 11 is 0. The molecule has 0 spiro atoms. The van der Waals surface area contributed by atoms with Crippen molar-refractivity contribution in [2.75, 3.05) is 6.54 Å². The molecule has 0 bridgehead atoms. The fraction of sp³-hybridized carbons (Fsp3) is 0.231. The van der Waals surface area contributed by atoms with Gasteiger partial charge in [-0.15, -0.1) is 0 Å². The fourth-order valence-electron chi connectivity index (χ4n) is 4.14. The molecule has 4 rings (SSSR count). The molecule has 7 nitrogen and oxygen atoms in total. The van der Waals surface area contributed by atoms with E-state index in [0.29, 0.717) is 23.6 Å². The van der Waals surface area contributed by atoms with E-state index in [9.17, 15) is 13.2 Å². The SMILES string of the molecule is C=C(N=C(ON)[C@@H]1CCCN1C(=N)N)c1ccc2cc(OCc3ccc(C(F)(F)F)cc3)ccc2c1. The van der Waals surface area contributed by atoms with Crippen molar-refractivity contribution in [2.45, 2.75) is 31.7 Å². The number of nitrogens with two attached hydrogens (primary N) is 2. The van der Waals surface area contributed by atoms with Gasteiger partial charge in [-0.2, -0.15) is 19.1 Å². The molecule has 188 valence electrons. The number of benzene rings is 3. The maximum atomic E-state index is 12.7. The zero-order valence-corrected chi connectivity index (χ0v) is 19.4. The summed E-state index contributed by atoms with van der Waals surface area (Å²) in [6, 6.07) is 15.8. The number of ether oxygens (including phenoxy) is 1. The van der Waals surface area contributed by atoms with Crippen molar-refractivity contribution in [3.05, 3.63) is 83.9 Å². The third kappa shape index (κ3) is 5.60. The summed E-state index contributed by atoms with van der Waals surface area (Å²) in [6.07, 6.45) is -2.80. The smallest absolute Gasteiger partial charge is 0.416 e. The quantitative estimate of drug-likeness (QED) is 0.251. The lowest BCUT2D eigenvalue weighted by molar-refractivity contribution is -0.137. The van der Waals surface area contributed by atoms with Crippen LogP contribution in [0.4, 0.5) is 13.2 Å². The Labute approximate surface area is 206 Å². The third-order valence-electron chi connectivity index (χ3n) is 6.04. The predicted molar refractivity (Wildman–Crippen MR) is 133 cm³/mol. The van der Waals surface area contributed by atoms with E-state index in [4.69, 9.17) is 26.6 Å². The molecule has 5 N–H and O–H groups in total. The largest absolute Gasteiger partial charge is 0.489 e. The van der Waals surface area contributed by atoms with Gasteiger partial charge < -0.3 is 20.2 Å². The first kappa shape index (κ1) is 25.1. The second-order valence-corrected chi connectivity index (χ2v) is 8.46. The Morgan fingerprint density at radius 1 is 1.08 bits per heavy atom. The van der Waals surface area contributed by atoms with Gasteiger partial charge in [0.15, 0.2) is 5.96 Å². The Hall–Kier alpha value is -4.05. The zero-order valence-electron chi connectivity index (χ0n) is 19.4. The van der Waals surface area contributed by atoms with Crippen LogP contribution in [0.3, 0.4) is 0 Å². The zero-order chi connectivity index (χ0) is 25.9. The number of aliphatic imine (C=N–C) groups is 1. The van der Waals surface area contributed by atoms with Crippen LogP contribution < -0.4 is 16.4 Å². The summed E-state index contributed by atoms with van der Waals surface area (Å²) in [5.41, 5.74) is 6.82. The first-order valence-corrected chi connectivity index (χ1v) is 11.2. The molecule has 0 aliphatic carbocycles. The first-order chi connectivity index (χ1) is 17.2. The van der Waals surface area contributed by atoms with Crippen LogP contribution in [-0.4, -0.2) is 29.3 Å². The highest BCUT2D eigenvalue weighted by molar-refractivity contribution is 5.93. The molecule has 1 aliphatic heterocycles. The molecule has 0 radical (unpaired) electrons. The molecule has 3 aromatic rings. The van der Waals surface area contributed by atoms with E-state index >= 15 is 0 Å². The van der Waals surface area contributed by atoms with Gasteiger partial charge in [0.25, 0.3) is 0 Å². The van der Waals surface area contributed by atoms with Gasteiger partial charge in [0.05, 0.1) is 11.3 Å². The van der Waals surface area contributed by atoms with E-state index in [1.807, 2.05) is 30.3 Å². The van der Waals surface area contributed by atoms with Crippen molar-refractivity contribution in [2.24, 2.45) is 16.6 Å². The van der Waals surface area contributed by atoms with Crippen LogP contribution in [-0.2, 0) is 17.6 Å². The van der Waals surface area contributed by atoms with Gasteiger partial charge in [-0.1, -0.05) is 36.9 Å². The first-order valence-electron chi connectivity index (χ1n) is 11.2. The Bertz CT molecular complexity index is 1310. The molecule has 3 aromatic carbocycles. The van der Waals surface area contributed by atoms with E-state index in [1.54, 1.807) is 11.0 Å². The van der Waals surface area contributed by atoms with E-state index < -0.39 is 11.7 Å². The molecular weight excluding hydrogens is 471 g/mol. The van der Waals surface area contributed by atoms with Crippen molar-refractivity contribution >= 4 is 28.3 Å². The highest BCUT2D eigenvalue weighted by Crippen LogP contribution is 2.30. The number of nitrogens with one attached hydrogen (secondary N) is 1. The monoisotopic (exact) mass is 497 g/mol. The number of guanidine groups is 1. The van der Waals surface area contributed by atoms with Gasteiger partial charge >= 0.3 is 6.18 Å². The van der Waals surface area contributed by atoms with Gasteiger partial charge in [-0.25, -0.2) is 4.99 Å². The Kier molecular flexibility index (Phi) is 7.16. The van der Waals surface area contributed by atoms with E-state index in [2.05, 4.69) is 11.6 Å². The van der Waals surface area contributed by atoms with Crippen LogP contribution in [0.1, 0.15) is 29.5 Å². The van der Waals surface area contributed by atoms with Crippen molar-refractivity contribution in [1.82, 2.24) is 4.90 Å². The molecule has 1 atom stereocenters. The molecular formula is C26H26F3N5O2. The number of likely N-dealkylation sites (tertiary alicyclic amines) is 1. The van der Waals surface area contributed by atoms with Gasteiger partial charge in [0.2, 0.25) is 5.90 Å². The fourth-order valence-corrected chi connectivity index (χ4v) is 4.14. The number of alkyl halides is 3. The van der Waals surface area contributed by atoms with Gasteiger partial charge in [0.1, 0.15) is 18.4 Å². The van der Waals surface area contributed by atoms with E-state index in [1.165, 1.54) is 12.1 Å². The second kappa shape index (κ2) is 10.3. The number of hydrogen-bond acceptors (Lipinski definition) is 5. The highest BCUT2D eigenvalue weighted by atomic mass is 19.4. The average Bonchev–Trinajstić information content (AvgIpc) is 3.35. The summed E-state index contributed by atoms with van der Waals surface area (Å²) in [5, 5.41) is 9.57. The summed E-state index contributed by atoms with van der Waals surface area (Å²) in [6.45, 7) is 4.82. The Morgan fingerprint density at radius 2 is 1.78 bits per heavy atom. The summed E-state index contributed by atoms with van der Waals surface area (Å²) in [7, 11) is 0. The average molecular weight is 498 g/mol. The van der Waals surface area contributed by atoms with Crippen LogP contribution in [0.2, 0.25) is 0 Å². The lowest BCUT2D eigenvalue weighted by Crippen LogP contribution is -2.45. The maximum absolute atomic E-state index is 12.7. The minimum absolute atomic E-state index is 0.0603. The van der Waals surface area contributed by atoms with Crippen molar-refractivity contribution in [3.63, 3.8) is 0 Å². The Morgan fingerprint density at radius 3 is 2.44 bits per heavy atom. The highest BCUT2D eigenvalue weighted by Gasteiger charge is 2.32. The summed E-state index contributed by atoms with van der Waals surface area (Å²) in [4.78, 5) is 11.2. The molecule has 0 unspecified atom stereocenters. The molecule has 0 aromatic heterocycles. The van der Waals surface area contributed by atoms with Gasteiger partial charge in [-0.3, -0.25) is 5.41 Å². The Balaban J connectivity index is 1.46. The molecule has 1 fully saturated rings. The molecule has 0 saturated carbocycles. The number of nitrogens with zero attached hydrogens (tertiary/aromatic N) is 2. The normalized spacial score (nSPS) is 16.3. The van der Waals surface area contributed by atoms with Crippen LogP contribution in [0.5, 0.6) is 5.75 Å². The molecule has 0 amide bonds. The van der Waals surface area contributed by atoms with Crippen molar-refractivity contribution < 1.29 is 22.7 Å². The lowest BCUT2D eigenvalue weighted by atomic mass is 10.1. The van der Waals surface area contributed by atoms with Crippen LogP contribution in [0.25, 0.3) is 16.5 Å². The molecule has 1 aliphatic rings. The number of rotatable bonds is 6. The topological polar surface area (TPSA) is 110 Å². The lowest BCUT2D eigenvalue weighted by Gasteiger charge is -2.24. The van der Waals surface area contributed by atoms with E-state index in [0.717, 1.165) is 41.3 Å². The van der Waals surface area contributed by atoms with Gasteiger partial charge in [0, 0.05) is 12.1 Å². The van der Waals surface area contributed by atoms with Crippen molar-refractivity contribution in [3.8, 4) is 5.75 Å². The van der Waals surface area contributed by atoms with Crippen LogP contribution >= 0.6 is 0 Å². The van der Waals surface area contributed by atoms with Crippen LogP contribution in [0.15, 0.2) is 72.2 Å². The summed E-state index contributed by atoms with van der Waals surface area (Å²) < 4.78 is 43.9. The second-order valence-electron chi connectivity index (χ2n) is 8.46. The minimum atomic E-state index is -4.36. The maximum Gasteiger partial charge on any atom is 0.416 e. The molecule has 1 saturated heterocycles. The number of hydrogen-bond donors (Lipinski definition) is 3. The molecule has 10 heteroatoms. The van der Waals surface area contributed by atoms with Gasteiger partial charge in [-0.05, 0) is 59.5 Å². The summed E-state index contributed by atoms with van der Waals surface area (Å²) in [5.74, 6) is 6.26. The molecule has 1 heterocycles. The number of fused-ring (bicyclic) bond motifs is 1. The number of halogens is 3. The van der Waals surface area contributed by atoms with Crippen LogP contribution in [0, 0.1) is 5.41 Å². The minimum Gasteiger partial charge on any atom is -0.489 e. The van der Waals surface area contributed by atoms with E-state index in [-0.39, 0.29) is 24.5 Å². The van der Waals surface area contributed by atoms with Crippen molar-refractivity contribution in [1.29, 1.82) is 5.41 Å². The predicted octanol–water partition coefficient (Wildman–Crippen LogP) is 5.05. The molecule has 36 heavy (non-hydrogen) atoms. The standard InChI is InChI=1S/C26H26F3N5O2/c1-16(33-24(36-32)23-3-2-12-34(23)25(30)31)18-6-7-20-14-22(11-8-19(20)13-18)35-15-17-4-9-21(10-5-17)26(27,28)29/h4-11,13-14,23H,1-3,12,15,32H2,(H3,30,31)/t23-/m0/s1. The third-order valence-corrected chi connectivity index (χ3v) is 6.04.